The fraction of sp³-hybridized carbons (Fsp3) is 0.244. The number of ketones is 2. The molecule has 1 aliphatic rings. The zero-order valence-corrected chi connectivity index (χ0v) is 29.6. The van der Waals surface area contributed by atoms with E-state index in [1.807, 2.05) is 74.5 Å². The second-order valence-electron chi connectivity index (χ2n) is 13.4. The number of hydrogen-bond acceptors (Lipinski definition) is 6. The Balaban J connectivity index is 1.02. The van der Waals surface area contributed by atoms with Gasteiger partial charge in [-0.25, -0.2) is 5.43 Å². The van der Waals surface area contributed by atoms with Gasteiger partial charge in [-0.3, -0.25) is 19.2 Å². The fourth-order valence-corrected chi connectivity index (χ4v) is 7.13. The Morgan fingerprint density at radius 1 is 0.865 bits per heavy atom. The molecule has 3 heterocycles. The first-order valence-corrected chi connectivity index (χ1v) is 17.9. The highest BCUT2D eigenvalue weighted by atomic mass is 35.5. The Bertz CT molecular complexity index is 2430. The molecular formula is C41H38ClN5O5. The van der Waals surface area contributed by atoms with E-state index >= 15 is 0 Å². The largest absolute Gasteiger partial charge is 0.507 e. The zero-order valence-electron chi connectivity index (χ0n) is 28.9. The maximum Gasteiger partial charge on any atom is 0.274 e. The van der Waals surface area contributed by atoms with Crippen molar-refractivity contribution < 1.29 is 24.3 Å². The number of nitrogens with zero attached hydrogens (tertiary/aromatic N) is 2. The summed E-state index contributed by atoms with van der Waals surface area (Å²) >= 11 is 6.38. The molecule has 11 heteroatoms. The number of hydrazone groups is 1. The van der Waals surface area contributed by atoms with Gasteiger partial charge in [0.05, 0.1) is 11.4 Å². The number of carbonyl (C=O) groups is 4. The zero-order chi connectivity index (χ0) is 36.5. The number of benzene rings is 4. The summed E-state index contributed by atoms with van der Waals surface area (Å²) in [5.74, 6) is -0.300. The number of aromatic hydroxyl groups is 1. The summed E-state index contributed by atoms with van der Waals surface area (Å²) in [5.41, 5.74) is 8.91. The third kappa shape index (κ3) is 6.94. The van der Waals surface area contributed by atoms with E-state index in [0.717, 1.165) is 61.4 Å². The van der Waals surface area contributed by atoms with E-state index in [1.165, 1.54) is 0 Å². The average Bonchev–Trinajstić information content (AvgIpc) is 3.87. The Labute approximate surface area is 304 Å². The van der Waals surface area contributed by atoms with Gasteiger partial charge in [0.15, 0.2) is 5.78 Å². The molecule has 2 aromatic heterocycles. The molecule has 0 aliphatic carbocycles. The predicted molar refractivity (Wildman–Crippen MR) is 205 cm³/mol. The summed E-state index contributed by atoms with van der Waals surface area (Å²) in [6, 6.07) is 24.0. The minimum Gasteiger partial charge on any atom is -0.507 e. The van der Waals surface area contributed by atoms with Crippen LogP contribution in [-0.4, -0.2) is 56.6 Å². The van der Waals surface area contributed by atoms with Gasteiger partial charge in [0.1, 0.15) is 17.2 Å². The lowest BCUT2D eigenvalue weighted by Gasteiger charge is -2.17. The van der Waals surface area contributed by atoms with Crippen molar-refractivity contribution >= 4 is 79.0 Å². The lowest BCUT2D eigenvalue weighted by atomic mass is 9.95. The van der Waals surface area contributed by atoms with E-state index in [0.29, 0.717) is 29.5 Å². The average molecular weight is 716 g/mol. The number of Topliss-reactive ketones (excluding diaryl/α,β-unsaturated/α-hetero) is 2. The fourth-order valence-electron chi connectivity index (χ4n) is 6.88. The van der Waals surface area contributed by atoms with Gasteiger partial charge in [0.25, 0.3) is 5.91 Å². The molecule has 0 fully saturated rings. The number of aromatic nitrogens is 2. The van der Waals surface area contributed by atoms with E-state index in [4.69, 9.17) is 11.6 Å². The third-order valence-corrected chi connectivity index (χ3v) is 10.1. The SMILES string of the molecule is CC/C(C)=N/NC(=O)CCC(=O)Cc1ccc2[nH]c(C(=O)Cc3ccc4[nH]c(C(=O)N5CC(CCl)c6c5cc(O)c5ccccc65)cc4c3)cc2c1. The number of anilines is 1. The number of aromatic amines is 2. The summed E-state index contributed by atoms with van der Waals surface area (Å²) in [5, 5.41) is 18.0. The Morgan fingerprint density at radius 3 is 2.21 bits per heavy atom. The number of nitrogens with one attached hydrogen (secondary N) is 3. The monoisotopic (exact) mass is 715 g/mol. The van der Waals surface area contributed by atoms with Crippen molar-refractivity contribution in [2.45, 2.75) is 51.9 Å². The van der Waals surface area contributed by atoms with Gasteiger partial charge in [-0.2, -0.15) is 5.10 Å². The Hall–Kier alpha value is -5.74. The number of H-pyrrole nitrogens is 2. The smallest absolute Gasteiger partial charge is 0.274 e. The van der Waals surface area contributed by atoms with Gasteiger partial charge in [-0.1, -0.05) is 43.3 Å². The number of carbonyl (C=O) groups excluding carboxylic acids is 4. The van der Waals surface area contributed by atoms with Gasteiger partial charge in [-0.15, -0.1) is 11.6 Å². The lowest BCUT2D eigenvalue weighted by molar-refractivity contribution is -0.125. The summed E-state index contributed by atoms with van der Waals surface area (Å²) in [6.45, 7) is 4.17. The van der Waals surface area contributed by atoms with Crippen LogP contribution in [0.4, 0.5) is 5.69 Å². The van der Waals surface area contributed by atoms with Gasteiger partial charge in [0, 0.05) is 83.0 Å². The molecule has 0 saturated heterocycles. The number of halogens is 1. The van der Waals surface area contributed by atoms with E-state index < -0.39 is 0 Å². The number of phenols is 1. The highest BCUT2D eigenvalue weighted by Crippen LogP contribution is 2.45. The molecule has 0 radical (unpaired) electrons. The molecule has 0 bridgehead atoms. The molecule has 1 unspecified atom stereocenters. The number of phenolic OH excluding ortho intramolecular Hbond substituents is 1. The number of alkyl halides is 1. The van der Waals surface area contributed by atoms with Gasteiger partial charge in [0.2, 0.25) is 5.91 Å². The number of rotatable bonds is 12. The quantitative estimate of drug-likeness (QED) is 0.0444. The molecule has 4 aromatic carbocycles. The third-order valence-electron chi connectivity index (χ3n) is 9.76. The van der Waals surface area contributed by atoms with Gasteiger partial charge >= 0.3 is 0 Å². The second kappa shape index (κ2) is 14.5. The number of hydrogen-bond donors (Lipinski definition) is 4. The molecule has 0 spiro atoms. The van der Waals surface area contributed by atoms with E-state index in [2.05, 4.69) is 20.5 Å². The number of fused-ring (bicyclic) bond motifs is 5. The van der Waals surface area contributed by atoms with E-state index in [9.17, 15) is 24.3 Å². The first-order chi connectivity index (χ1) is 25.1. The molecule has 10 nitrogen and oxygen atoms in total. The normalized spacial score (nSPS) is 14.3. The molecule has 52 heavy (non-hydrogen) atoms. The first-order valence-electron chi connectivity index (χ1n) is 17.3. The highest BCUT2D eigenvalue weighted by Gasteiger charge is 2.35. The van der Waals surface area contributed by atoms with Crippen LogP contribution in [0, 0.1) is 0 Å². The number of amides is 2. The van der Waals surface area contributed by atoms with Crippen molar-refractivity contribution in [3.05, 3.63) is 107 Å². The maximum atomic E-state index is 13.9. The minimum atomic E-state index is -0.292. The van der Waals surface area contributed by atoms with Crippen LogP contribution in [0.3, 0.4) is 0 Å². The molecule has 1 atom stereocenters. The summed E-state index contributed by atoms with van der Waals surface area (Å²) in [7, 11) is 0. The van der Waals surface area contributed by atoms with Crippen molar-refractivity contribution in [2.75, 3.05) is 17.3 Å². The van der Waals surface area contributed by atoms with E-state index in [1.54, 1.807) is 23.1 Å². The molecule has 4 N–H and O–H groups in total. The van der Waals surface area contributed by atoms with Crippen molar-refractivity contribution in [1.29, 1.82) is 0 Å². The van der Waals surface area contributed by atoms with Crippen LogP contribution >= 0.6 is 11.6 Å². The van der Waals surface area contributed by atoms with Crippen LogP contribution in [0.2, 0.25) is 0 Å². The molecule has 0 saturated carbocycles. The Kier molecular flexibility index (Phi) is 9.66. The van der Waals surface area contributed by atoms with Gasteiger partial charge in [-0.05, 0) is 71.8 Å². The van der Waals surface area contributed by atoms with Crippen LogP contribution in [0.15, 0.2) is 84.0 Å². The molecule has 2 amide bonds. The van der Waals surface area contributed by atoms with Crippen molar-refractivity contribution in [1.82, 2.24) is 15.4 Å². The van der Waals surface area contributed by atoms with Crippen LogP contribution in [-0.2, 0) is 22.4 Å². The summed E-state index contributed by atoms with van der Waals surface area (Å²) in [4.78, 5) is 60.0. The standard InChI is InChI=1S/C41H38ClN5O5/c1-3-23(2)45-46-39(51)13-10-29(48)16-24-8-11-32-26(14-24)18-34(43-32)38(50)17-25-9-12-33-27(15-25)19-35(44-33)41(52)47-22-28(21-42)40-31-7-5-4-6-30(31)37(49)20-36(40)47/h4-9,11-12,14-15,18-20,28,43-44,49H,3,10,13,16-17,21-22H2,1-2H3,(H,46,51)/b45-23+. The molecular weight excluding hydrogens is 678 g/mol. The highest BCUT2D eigenvalue weighted by molar-refractivity contribution is 6.19. The molecule has 7 rings (SSSR count). The minimum absolute atomic E-state index is 0.0554. The van der Waals surface area contributed by atoms with Crippen LogP contribution in [0.5, 0.6) is 5.75 Å². The maximum absolute atomic E-state index is 13.9. The molecule has 6 aromatic rings. The van der Waals surface area contributed by atoms with Crippen LogP contribution in [0.25, 0.3) is 32.6 Å². The second-order valence-corrected chi connectivity index (χ2v) is 13.7. The summed E-state index contributed by atoms with van der Waals surface area (Å²) < 4.78 is 0. The lowest BCUT2D eigenvalue weighted by Crippen LogP contribution is -2.30. The van der Waals surface area contributed by atoms with Crippen LogP contribution < -0.4 is 10.3 Å². The molecule has 1 aliphatic heterocycles. The molecule has 264 valence electrons. The van der Waals surface area contributed by atoms with E-state index in [-0.39, 0.29) is 60.7 Å². The topological polar surface area (TPSA) is 148 Å². The van der Waals surface area contributed by atoms with Crippen molar-refractivity contribution in [2.24, 2.45) is 5.10 Å². The van der Waals surface area contributed by atoms with Gasteiger partial charge < -0.3 is 20.0 Å². The Morgan fingerprint density at radius 2 is 1.52 bits per heavy atom. The predicted octanol–water partition coefficient (Wildman–Crippen LogP) is 7.71. The van der Waals surface area contributed by atoms with Crippen molar-refractivity contribution in [3.8, 4) is 5.75 Å². The summed E-state index contributed by atoms with van der Waals surface area (Å²) in [6.07, 6.45) is 1.26. The van der Waals surface area contributed by atoms with Crippen LogP contribution in [0.1, 0.15) is 76.7 Å². The first kappa shape index (κ1) is 34.7. The van der Waals surface area contributed by atoms with Crippen molar-refractivity contribution in [3.63, 3.8) is 0 Å².